The third-order valence-corrected chi connectivity index (χ3v) is 3.84. The van der Waals surface area contributed by atoms with E-state index >= 15 is 0 Å². The van der Waals surface area contributed by atoms with Crippen molar-refractivity contribution in [2.24, 2.45) is 5.41 Å². The molecule has 1 aliphatic rings. The summed E-state index contributed by atoms with van der Waals surface area (Å²) in [5, 5.41) is 3.40. The van der Waals surface area contributed by atoms with Gasteiger partial charge in [-0.15, -0.1) is 0 Å². The highest BCUT2D eigenvalue weighted by Crippen LogP contribution is 2.57. The van der Waals surface area contributed by atoms with Crippen molar-refractivity contribution in [3.63, 3.8) is 0 Å². The van der Waals surface area contributed by atoms with E-state index in [1.807, 2.05) is 6.20 Å². The Morgan fingerprint density at radius 3 is 2.65 bits per heavy atom. The van der Waals surface area contributed by atoms with Crippen LogP contribution < -0.4 is 5.32 Å². The van der Waals surface area contributed by atoms with Gasteiger partial charge in [-0.25, -0.2) is 9.97 Å². The average molecular weight is 233 g/mol. The molecular formula is C14H23N3. The summed E-state index contributed by atoms with van der Waals surface area (Å²) in [4.78, 5) is 9.23. The Hall–Kier alpha value is -0.960. The number of aromatic nitrogens is 2. The predicted molar refractivity (Wildman–Crippen MR) is 70.0 cm³/mol. The Morgan fingerprint density at radius 2 is 2.18 bits per heavy atom. The second kappa shape index (κ2) is 4.37. The normalized spacial score (nSPS) is 23.5. The van der Waals surface area contributed by atoms with Crippen LogP contribution in [-0.4, -0.2) is 16.5 Å². The van der Waals surface area contributed by atoms with Crippen LogP contribution in [0.5, 0.6) is 0 Å². The topological polar surface area (TPSA) is 37.8 Å². The fraction of sp³-hybridized carbons (Fsp3) is 0.714. The molecular weight excluding hydrogens is 210 g/mol. The van der Waals surface area contributed by atoms with E-state index in [1.54, 1.807) is 0 Å². The number of hydrogen-bond acceptors (Lipinski definition) is 3. The summed E-state index contributed by atoms with van der Waals surface area (Å²) in [7, 11) is 0. The van der Waals surface area contributed by atoms with E-state index in [4.69, 9.17) is 0 Å². The first-order chi connectivity index (χ1) is 7.95. The second-order valence-electron chi connectivity index (χ2n) is 5.79. The van der Waals surface area contributed by atoms with Gasteiger partial charge >= 0.3 is 0 Å². The van der Waals surface area contributed by atoms with Crippen molar-refractivity contribution in [2.45, 2.75) is 53.0 Å². The first-order valence-corrected chi connectivity index (χ1v) is 6.52. The number of aryl methyl sites for hydroxylation is 1. The Balaban J connectivity index is 2.18. The van der Waals surface area contributed by atoms with Crippen LogP contribution in [0.4, 0.5) is 0 Å². The molecule has 1 fully saturated rings. The minimum Gasteiger partial charge on any atom is -0.310 e. The Morgan fingerprint density at radius 1 is 1.53 bits per heavy atom. The zero-order valence-electron chi connectivity index (χ0n) is 11.5. The minimum absolute atomic E-state index is 0.335. The Kier molecular flexibility index (Phi) is 3.21. The van der Waals surface area contributed by atoms with Gasteiger partial charge in [0.25, 0.3) is 0 Å². The van der Waals surface area contributed by atoms with Crippen molar-refractivity contribution in [3.8, 4) is 0 Å². The van der Waals surface area contributed by atoms with Gasteiger partial charge in [-0.2, -0.15) is 0 Å². The zero-order valence-corrected chi connectivity index (χ0v) is 11.5. The van der Waals surface area contributed by atoms with Crippen LogP contribution in [0.15, 0.2) is 6.20 Å². The lowest BCUT2D eigenvalue weighted by atomic mass is 10.1. The van der Waals surface area contributed by atoms with Crippen LogP contribution in [0.25, 0.3) is 0 Å². The number of rotatable bonds is 4. The third kappa shape index (κ3) is 2.49. The standard InChI is InChI=1S/C14H23N3/c1-6-15-9(2)11-8-16-13(17-10(11)3)12-7-14(12,4)5/h8-9,12,15H,6-7H2,1-5H3. The molecule has 2 unspecified atom stereocenters. The van der Waals surface area contributed by atoms with Gasteiger partial charge in [-0.3, -0.25) is 0 Å². The van der Waals surface area contributed by atoms with Crippen LogP contribution in [0, 0.1) is 12.3 Å². The molecule has 1 aromatic heterocycles. The molecule has 0 spiro atoms. The summed E-state index contributed by atoms with van der Waals surface area (Å²) in [5.41, 5.74) is 2.74. The fourth-order valence-electron chi connectivity index (χ4n) is 2.41. The minimum atomic E-state index is 0.335. The quantitative estimate of drug-likeness (QED) is 0.868. The molecule has 0 aliphatic heterocycles. The smallest absolute Gasteiger partial charge is 0.132 e. The third-order valence-electron chi connectivity index (χ3n) is 3.84. The maximum Gasteiger partial charge on any atom is 0.132 e. The first-order valence-electron chi connectivity index (χ1n) is 6.52. The van der Waals surface area contributed by atoms with E-state index < -0.39 is 0 Å². The van der Waals surface area contributed by atoms with Gasteiger partial charge in [0.2, 0.25) is 0 Å². The highest BCUT2D eigenvalue weighted by Gasteiger charge is 2.48. The number of hydrogen-bond donors (Lipinski definition) is 1. The predicted octanol–water partition coefficient (Wildman–Crippen LogP) is 2.97. The van der Waals surface area contributed by atoms with Gasteiger partial charge in [0, 0.05) is 29.4 Å². The molecule has 1 heterocycles. The zero-order chi connectivity index (χ0) is 12.6. The van der Waals surface area contributed by atoms with E-state index in [0.717, 1.165) is 18.1 Å². The van der Waals surface area contributed by atoms with Crippen LogP contribution >= 0.6 is 0 Å². The summed E-state index contributed by atoms with van der Waals surface area (Å²) in [6.45, 7) is 11.9. The molecule has 0 saturated heterocycles. The summed E-state index contributed by atoms with van der Waals surface area (Å²) in [6.07, 6.45) is 3.22. The summed E-state index contributed by atoms with van der Waals surface area (Å²) < 4.78 is 0. The van der Waals surface area contributed by atoms with Crippen molar-refractivity contribution in [1.82, 2.24) is 15.3 Å². The molecule has 0 bridgehead atoms. The van der Waals surface area contributed by atoms with E-state index in [1.165, 1.54) is 12.0 Å². The number of nitrogens with one attached hydrogen (secondary N) is 1. The lowest BCUT2D eigenvalue weighted by Crippen LogP contribution is -2.19. The molecule has 0 aromatic carbocycles. The molecule has 94 valence electrons. The van der Waals surface area contributed by atoms with E-state index in [-0.39, 0.29) is 0 Å². The summed E-state index contributed by atoms with van der Waals surface area (Å²) >= 11 is 0. The van der Waals surface area contributed by atoms with Gasteiger partial charge in [-0.05, 0) is 32.2 Å². The average Bonchev–Trinajstić information content (AvgIpc) is 2.88. The molecule has 17 heavy (non-hydrogen) atoms. The molecule has 2 atom stereocenters. The SMILES string of the molecule is CCNC(C)c1cnc(C2CC2(C)C)nc1C. The van der Waals surface area contributed by atoms with E-state index in [9.17, 15) is 0 Å². The maximum absolute atomic E-state index is 4.68. The molecule has 0 amide bonds. The molecule has 2 rings (SSSR count). The van der Waals surface area contributed by atoms with Crippen molar-refractivity contribution >= 4 is 0 Å². The largest absolute Gasteiger partial charge is 0.310 e. The van der Waals surface area contributed by atoms with Gasteiger partial charge in [-0.1, -0.05) is 20.8 Å². The van der Waals surface area contributed by atoms with Crippen LogP contribution in [0.3, 0.4) is 0 Å². The second-order valence-corrected chi connectivity index (χ2v) is 5.79. The lowest BCUT2D eigenvalue weighted by Gasteiger charge is -2.15. The molecule has 3 heteroatoms. The number of nitrogens with zero attached hydrogens (tertiary/aromatic N) is 2. The van der Waals surface area contributed by atoms with Crippen molar-refractivity contribution in [2.75, 3.05) is 6.54 Å². The van der Waals surface area contributed by atoms with Gasteiger partial charge < -0.3 is 5.32 Å². The Labute approximate surface area is 104 Å². The summed E-state index contributed by atoms with van der Waals surface area (Å²) in [6, 6.07) is 0.335. The van der Waals surface area contributed by atoms with Crippen LogP contribution in [0.1, 0.15) is 63.2 Å². The fourth-order valence-corrected chi connectivity index (χ4v) is 2.41. The summed E-state index contributed by atoms with van der Waals surface area (Å²) in [5.74, 6) is 1.59. The lowest BCUT2D eigenvalue weighted by molar-refractivity contribution is 0.581. The van der Waals surface area contributed by atoms with E-state index in [2.05, 4.69) is 49.9 Å². The van der Waals surface area contributed by atoms with Crippen molar-refractivity contribution < 1.29 is 0 Å². The van der Waals surface area contributed by atoms with E-state index in [0.29, 0.717) is 17.4 Å². The highest BCUT2D eigenvalue weighted by atomic mass is 14.9. The first kappa shape index (κ1) is 12.5. The maximum atomic E-state index is 4.68. The monoisotopic (exact) mass is 233 g/mol. The van der Waals surface area contributed by atoms with Gasteiger partial charge in [0.05, 0.1) is 0 Å². The van der Waals surface area contributed by atoms with Crippen molar-refractivity contribution in [3.05, 3.63) is 23.3 Å². The molecule has 1 N–H and O–H groups in total. The van der Waals surface area contributed by atoms with Crippen molar-refractivity contribution in [1.29, 1.82) is 0 Å². The van der Waals surface area contributed by atoms with Gasteiger partial charge in [0.1, 0.15) is 5.82 Å². The van der Waals surface area contributed by atoms with Crippen LogP contribution in [-0.2, 0) is 0 Å². The molecule has 1 saturated carbocycles. The molecule has 1 aromatic rings. The Bertz CT molecular complexity index is 412. The highest BCUT2D eigenvalue weighted by molar-refractivity contribution is 5.24. The molecule has 3 nitrogen and oxygen atoms in total. The van der Waals surface area contributed by atoms with Gasteiger partial charge in [0.15, 0.2) is 0 Å². The molecule has 0 radical (unpaired) electrons. The van der Waals surface area contributed by atoms with Crippen LogP contribution in [0.2, 0.25) is 0 Å². The molecule has 1 aliphatic carbocycles.